The van der Waals surface area contributed by atoms with Crippen LogP contribution in [0.1, 0.15) is 136 Å². The van der Waals surface area contributed by atoms with E-state index >= 15 is 0 Å². The van der Waals surface area contributed by atoms with E-state index in [1.807, 2.05) is 6.92 Å². The van der Waals surface area contributed by atoms with Crippen molar-refractivity contribution in [3.63, 3.8) is 0 Å². The van der Waals surface area contributed by atoms with Crippen molar-refractivity contribution in [2.45, 2.75) is 137 Å². The lowest BCUT2D eigenvalue weighted by Gasteiger charge is -2.23. The predicted molar refractivity (Wildman–Crippen MR) is 154 cm³/mol. The molecule has 0 heterocycles. The molecule has 0 radical (unpaired) electrons. The Balaban J connectivity index is 3.30. The first kappa shape index (κ1) is 33.7. The monoisotopic (exact) mass is 538 g/mol. The van der Waals surface area contributed by atoms with Gasteiger partial charge in [-0.25, -0.2) is 4.79 Å². The van der Waals surface area contributed by atoms with Crippen molar-refractivity contribution in [3.05, 3.63) is 5.56 Å². The summed E-state index contributed by atoms with van der Waals surface area (Å²) in [5.41, 5.74) is 0.511. The first-order valence-corrected chi connectivity index (χ1v) is 15.2. The Morgan fingerprint density at radius 2 is 0.974 bits per heavy atom. The topological polar surface area (TPSA) is 94.5 Å². The Kier molecular flexibility index (Phi) is 19.2. The number of phenols is 1. The van der Waals surface area contributed by atoms with Gasteiger partial charge in [-0.05, 0) is 25.7 Å². The van der Waals surface area contributed by atoms with Gasteiger partial charge in [-0.2, -0.15) is 0 Å². The quantitative estimate of drug-likeness (QED) is 0.0768. The molecule has 0 atom stereocenters. The molecule has 220 valence electrons. The molecule has 0 saturated carbocycles. The van der Waals surface area contributed by atoms with Gasteiger partial charge in [0.05, 0.1) is 19.8 Å². The molecule has 1 rings (SSSR count). The lowest BCUT2D eigenvalue weighted by atomic mass is 10.0. The van der Waals surface area contributed by atoms with Crippen LogP contribution in [0.5, 0.6) is 28.7 Å². The number of aromatic hydroxyl groups is 1. The lowest BCUT2D eigenvalue weighted by Crippen LogP contribution is -2.12. The van der Waals surface area contributed by atoms with Gasteiger partial charge in [-0.3, -0.25) is 0 Å². The van der Waals surface area contributed by atoms with E-state index in [0.717, 1.165) is 70.6 Å². The molecular weight excluding hydrogens is 484 g/mol. The number of hydrogen-bond acceptors (Lipinski definition) is 6. The summed E-state index contributed by atoms with van der Waals surface area (Å²) < 4.78 is 23.7. The van der Waals surface area contributed by atoms with E-state index in [2.05, 4.69) is 20.8 Å². The van der Waals surface area contributed by atoms with Crippen molar-refractivity contribution < 1.29 is 34.0 Å². The first-order valence-electron chi connectivity index (χ1n) is 15.2. The van der Waals surface area contributed by atoms with Crippen molar-refractivity contribution in [1.82, 2.24) is 0 Å². The maximum Gasteiger partial charge on any atom is 0.511 e. The van der Waals surface area contributed by atoms with E-state index in [0.29, 0.717) is 43.3 Å². The number of hydrogen-bond donors (Lipinski definition) is 2. The second-order valence-electron chi connectivity index (χ2n) is 10.0. The Hall–Kier alpha value is -2.31. The third-order valence-electron chi connectivity index (χ3n) is 6.56. The second kappa shape index (κ2) is 21.6. The highest BCUT2D eigenvalue weighted by Gasteiger charge is 2.30. The molecule has 0 spiro atoms. The van der Waals surface area contributed by atoms with E-state index < -0.39 is 6.16 Å². The van der Waals surface area contributed by atoms with Crippen LogP contribution in [0.25, 0.3) is 0 Å². The molecule has 0 amide bonds. The zero-order valence-corrected chi connectivity index (χ0v) is 24.6. The Bertz CT molecular complexity index is 763. The summed E-state index contributed by atoms with van der Waals surface area (Å²) in [5, 5.41) is 20.6. The summed E-state index contributed by atoms with van der Waals surface area (Å²) in [5.74, 6) is 0.468. The fourth-order valence-corrected chi connectivity index (χ4v) is 4.43. The molecule has 2 N–H and O–H groups in total. The molecule has 1 aromatic rings. The van der Waals surface area contributed by atoms with E-state index in [4.69, 9.17) is 18.9 Å². The third kappa shape index (κ3) is 13.0. The predicted octanol–water partition coefficient (Wildman–Crippen LogP) is 9.45. The third-order valence-corrected chi connectivity index (χ3v) is 6.56. The minimum atomic E-state index is -1.49. The van der Waals surface area contributed by atoms with Crippen molar-refractivity contribution in [3.8, 4) is 28.7 Å². The Morgan fingerprint density at radius 1 is 0.553 bits per heavy atom. The number of ether oxygens (including phenoxy) is 4. The number of benzene rings is 1. The van der Waals surface area contributed by atoms with E-state index in [9.17, 15) is 15.0 Å². The molecule has 0 bridgehead atoms. The van der Waals surface area contributed by atoms with E-state index in [1.54, 1.807) is 0 Å². The van der Waals surface area contributed by atoms with Crippen LogP contribution in [0, 0.1) is 0 Å². The standard InChI is InChI=1S/C31H54O7/c1-5-9-12-15-18-22-35-28-25(21-8-4)27(38-31(33)34)26(32)29(36-23-19-16-13-10-6-2)30(28)37-24-20-17-14-11-7-3/h32H,5-24H2,1-4H3,(H,33,34). The fourth-order valence-electron chi connectivity index (χ4n) is 4.43. The zero-order valence-electron chi connectivity index (χ0n) is 24.6. The van der Waals surface area contributed by atoms with Crippen LogP contribution in [-0.4, -0.2) is 36.2 Å². The Morgan fingerprint density at radius 3 is 1.39 bits per heavy atom. The van der Waals surface area contributed by atoms with Gasteiger partial charge >= 0.3 is 6.16 Å². The highest BCUT2D eigenvalue weighted by Crippen LogP contribution is 2.54. The molecule has 0 unspecified atom stereocenters. The minimum Gasteiger partial charge on any atom is -0.502 e. The van der Waals surface area contributed by atoms with E-state index in [-0.39, 0.29) is 17.2 Å². The summed E-state index contributed by atoms with van der Waals surface area (Å²) in [6, 6.07) is 0. The molecule has 7 nitrogen and oxygen atoms in total. The molecule has 0 saturated heterocycles. The number of rotatable bonds is 24. The molecule has 0 aliphatic rings. The zero-order chi connectivity index (χ0) is 28.0. The van der Waals surface area contributed by atoms with Crippen molar-refractivity contribution in [2.75, 3.05) is 19.8 Å². The largest absolute Gasteiger partial charge is 0.511 e. The second-order valence-corrected chi connectivity index (χ2v) is 10.0. The number of unbranched alkanes of at least 4 members (excludes halogenated alkanes) is 12. The first-order chi connectivity index (χ1) is 18.5. The highest BCUT2D eigenvalue weighted by molar-refractivity contribution is 5.73. The smallest absolute Gasteiger partial charge is 0.502 e. The summed E-state index contributed by atoms with van der Waals surface area (Å²) in [7, 11) is 0. The Labute approximate surface area is 231 Å². The van der Waals surface area contributed by atoms with Crippen LogP contribution in [0.2, 0.25) is 0 Å². The van der Waals surface area contributed by atoms with Gasteiger partial charge < -0.3 is 29.2 Å². The van der Waals surface area contributed by atoms with Crippen molar-refractivity contribution in [2.24, 2.45) is 0 Å². The normalized spacial score (nSPS) is 10.9. The van der Waals surface area contributed by atoms with Gasteiger partial charge in [0.25, 0.3) is 0 Å². The van der Waals surface area contributed by atoms with Gasteiger partial charge in [-0.1, -0.05) is 111 Å². The summed E-state index contributed by atoms with van der Waals surface area (Å²) >= 11 is 0. The molecule has 7 heteroatoms. The van der Waals surface area contributed by atoms with Crippen LogP contribution < -0.4 is 18.9 Å². The van der Waals surface area contributed by atoms with Gasteiger partial charge in [0, 0.05) is 5.56 Å². The molecule has 38 heavy (non-hydrogen) atoms. The SMILES string of the molecule is CCCCCCCOc1c(O)c(OC(=O)O)c(CCC)c(OCCCCCCC)c1OCCCCCCC. The highest BCUT2D eigenvalue weighted by atomic mass is 16.7. The lowest BCUT2D eigenvalue weighted by molar-refractivity contribution is 0.141. The maximum absolute atomic E-state index is 11.6. The molecule has 0 aromatic heterocycles. The molecule has 0 aliphatic heterocycles. The average Bonchev–Trinajstić information content (AvgIpc) is 2.90. The molecule has 1 aromatic carbocycles. The van der Waals surface area contributed by atoms with Crippen molar-refractivity contribution in [1.29, 1.82) is 0 Å². The summed E-state index contributed by atoms with van der Waals surface area (Å²) in [6.45, 7) is 9.87. The summed E-state index contributed by atoms with van der Waals surface area (Å²) in [6.07, 6.45) is 15.9. The van der Waals surface area contributed by atoms with Crippen LogP contribution >= 0.6 is 0 Å². The fraction of sp³-hybridized carbons (Fsp3) is 0.774. The van der Waals surface area contributed by atoms with Gasteiger partial charge in [-0.15, -0.1) is 0 Å². The molecule has 0 aliphatic carbocycles. The minimum absolute atomic E-state index is 0.114. The summed E-state index contributed by atoms with van der Waals surface area (Å²) in [4.78, 5) is 11.6. The molecular formula is C31H54O7. The van der Waals surface area contributed by atoms with Gasteiger partial charge in [0.2, 0.25) is 17.2 Å². The number of carbonyl (C=O) groups is 1. The van der Waals surface area contributed by atoms with Gasteiger partial charge in [0.15, 0.2) is 11.5 Å². The van der Waals surface area contributed by atoms with Crippen LogP contribution in [0.4, 0.5) is 4.79 Å². The van der Waals surface area contributed by atoms with Gasteiger partial charge in [0.1, 0.15) is 0 Å². The maximum atomic E-state index is 11.6. The van der Waals surface area contributed by atoms with Crippen LogP contribution in [0.15, 0.2) is 0 Å². The number of carboxylic acid groups (broad SMARTS) is 1. The van der Waals surface area contributed by atoms with Crippen LogP contribution in [-0.2, 0) is 6.42 Å². The van der Waals surface area contributed by atoms with Crippen molar-refractivity contribution >= 4 is 6.16 Å². The average molecular weight is 539 g/mol. The number of phenolic OH excluding ortho intramolecular Hbond substituents is 1. The van der Waals surface area contributed by atoms with E-state index in [1.165, 1.54) is 32.1 Å². The van der Waals surface area contributed by atoms with Crippen LogP contribution in [0.3, 0.4) is 0 Å². The molecule has 0 fully saturated rings.